The molecule has 18 heavy (non-hydrogen) atoms. The molecule has 0 aliphatic rings. The first-order valence-electron chi connectivity index (χ1n) is 4.51. The van der Waals surface area contributed by atoms with Crippen molar-refractivity contribution in [1.29, 1.82) is 0 Å². The third-order valence-electron chi connectivity index (χ3n) is 2.26. The number of methoxy groups -OCH3 is 1. The van der Waals surface area contributed by atoms with Gasteiger partial charge in [-0.15, -0.1) is 0 Å². The number of hydrogen-bond donors (Lipinski definition) is 2. The molecule has 0 saturated carbocycles. The van der Waals surface area contributed by atoms with Crippen LogP contribution in [0.25, 0.3) is 0 Å². The summed E-state index contributed by atoms with van der Waals surface area (Å²) in [6.07, 6.45) is -5.29. The fraction of sp³-hybridized carbons (Fsp3) is 0.300. The van der Waals surface area contributed by atoms with Gasteiger partial charge in [0, 0.05) is 5.56 Å². The van der Waals surface area contributed by atoms with E-state index in [2.05, 4.69) is 4.74 Å². The van der Waals surface area contributed by atoms with Gasteiger partial charge in [-0.2, -0.15) is 13.2 Å². The Kier molecular flexibility index (Phi) is 3.78. The highest BCUT2D eigenvalue weighted by molar-refractivity contribution is 6.32. The number of hydrogen-bond acceptors (Lipinski definition) is 4. The highest BCUT2D eigenvalue weighted by Gasteiger charge is 2.62. The van der Waals surface area contributed by atoms with Crippen LogP contribution in [0.4, 0.5) is 13.2 Å². The number of phenolic OH excluding ortho intramolecular Hbond substituents is 1. The minimum atomic E-state index is -5.29. The van der Waals surface area contributed by atoms with Crippen molar-refractivity contribution >= 4 is 17.6 Å². The molecule has 0 spiro atoms. The molecule has 2 N–H and O–H groups in total. The number of ether oxygens (including phenoxy) is 1. The van der Waals surface area contributed by atoms with Crippen molar-refractivity contribution < 1.29 is 32.9 Å². The molecule has 1 rings (SSSR count). The Morgan fingerprint density at radius 1 is 1.39 bits per heavy atom. The van der Waals surface area contributed by atoms with Gasteiger partial charge < -0.3 is 14.9 Å². The van der Waals surface area contributed by atoms with Gasteiger partial charge in [0.1, 0.15) is 5.75 Å². The Hall–Kier alpha value is -1.47. The molecule has 0 bridgehead atoms. The maximum atomic E-state index is 12.8. The summed E-state index contributed by atoms with van der Waals surface area (Å²) < 4.78 is 42.4. The van der Waals surface area contributed by atoms with E-state index >= 15 is 0 Å². The monoisotopic (exact) mass is 284 g/mol. The van der Waals surface area contributed by atoms with E-state index in [0.717, 1.165) is 12.1 Å². The Morgan fingerprint density at radius 2 is 1.94 bits per heavy atom. The fourth-order valence-electron chi connectivity index (χ4n) is 1.28. The van der Waals surface area contributed by atoms with Crippen LogP contribution in [0.1, 0.15) is 5.56 Å². The molecule has 1 aromatic carbocycles. The average Bonchev–Trinajstić information content (AvgIpc) is 2.29. The first-order valence-corrected chi connectivity index (χ1v) is 4.89. The van der Waals surface area contributed by atoms with Crippen LogP contribution in [0.2, 0.25) is 5.02 Å². The molecule has 0 radical (unpaired) electrons. The van der Waals surface area contributed by atoms with Crippen LogP contribution in [0.5, 0.6) is 5.75 Å². The quantitative estimate of drug-likeness (QED) is 0.815. The molecule has 4 nitrogen and oxygen atoms in total. The third-order valence-corrected chi connectivity index (χ3v) is 2.56. The van der Waals surface area contributed by atoms with Gasteiger partial charge in [0.05, 0.1) is 12.1 Å². The van der Waals surface area contributed by atoms with Crippen LogP contribution in [0.3, 0.4) is 0 Å². The average molecular weight is 285 g/mol. The number of esters is 1. The number of aromatic hydroxyl groups is 1. The summed E-state index contributed by atoms with van der Waals surface area (Å²) >= 11 is 5.44. The van der Waals surface area contributed by atoms with Crippen molar-refractivity contribution in [3.63, 3.8) is 0 Å². The van der Waals surface area contributed by atoms with Crippen LogP contribution in [-0.4, -0.2) is 29.5 Å². The topological polar surface area (TPSA) is 66.8 Å². The van der Waals surface area contributed by atoms with Crippen LogP contribution in [-0.2, 0) is 15.1 Å². The molecule has 8 heteroatoms. The van der Waals surface area contributed by atoms with Gasteiger partial charge in [0.2, 0.25) is 0 Å². The molecule has 0 amide bonds. The normalized spacial score (nSPS) is 15.0. The van der Waals surface area contributed by atoms with Crippen LogP contribution >= 0.6 is 11.6 Å². The van der Waals surface area contributed by atoms with E-state index in [9.17, 15) is 23.1 Å². The van der Waals surface area contributed by atoms with E-state index in [1.807, 2.05) is 0 Å². The van der Waals surface area contributed by atoms with Gasteiger partial charge in [0.15, 0.2) is 0 Å². The highest BCUT2D eigenvalue weighted by Crippen LogP contribution is 2.41. The molecule has 1 aromatic rings. The lowest BCUT2D eigenvalue weighted by atomic mass is 9.93. The molecule has 0 aliphatic heterocycles. The largest absolute Gasteiger partial charge is 0.506 e. The summed E-state index contributed by atoms with van der Waals surface area (Å²) in [4.78, 5) is 11.2. The third kappa shape index (κ3) is 2.23. The lowest BCUT2D eigenvalue weighted by Crippen LogP contribution is -2.49. The molecular weight excluding hydrogens is 277 g/mol. The molecule has 0 heterocycles. The fourth-order valence-corrected chi connectivity index (χ4v) is 1.46. The van der Waals surface area contributed by atoms with Crippen molar-refractivity contribution in [1.82, 2.24) is 0 Å². The number of halogens is 4. The maximum Gasteiger partial charge on any atom is 0.432 e. The minimum absolute atomic E-state index is 0.431. The number of aliphatic hydroxyl groups is 1. The van der Waals surface area contributed by atoms with Gasteiger partial charge >= 0.3 is 12.1 Å². The first kappa shape index (κ1) is 14.6. The second-order valence-corrected chi connectivity index (χ2v) is 3.77. The zero-order valence-electron chi connectivity index (χ0n) is 8.95. The van der Waals surface area contributed by atoms with Gasteiger partial charge in [-0.05, 0) is 12.1 Å². The Bertz CT molecular complexity index is 475. The molecule has 1 atom stereocenters. The Morgan fingerprint density at radius 3 is 2.33 bits per heavy atom. The zero-order valence-corrected chi connectivity index (χ0v) is 9.71. The summed E-state index contributed by atoms with van der Waals surface area (Å²) in [5.74, 6) is -2.37. The molecule has 0 aliphatic carbocycles. The first-order chi connectivity index (χ1) is 8.14. The van der Waals surface area contributed by atoms with Gasteiger partial charge in [0.25, 0.3) is 5.60 Å². The second kappa shape index (κ2) is 4.66. The van der Waals surface area contributed by atoms with E-state index in [1.165, 1.54) is 0 Å². The van der Waals surface area contributed by atoms with Crippen molar-refractivity contribution in [3.8, 4) is 5.75 Å². The number of alkyl halides is 3. The maximum absolute atomic E-state index is 12.8. The molecule has 0 saturated heterocycles. The summed E-state index contributed by atoms with van der Waals surface area (Å²) in [6, 6.07) is 2.20. The number of carbonyl (C=O) groups excluding carboxylic acids is 1. The van der Waals surface area contributed by atoms with Crippen molar-refractivity contribution in [2.45, 2.75) is 11.8 Å². The van der Waals surface area contributed by atoms with E-state index in [0.29, 0.717) is 13.2 Å². The van der Waals surface area contributed by atoms with Gasteiger partial charge in [-0.1, -0.05) is 17.7 Å². The molecule has 0 aromatic heterocycles. The van der Waals surface area contributed by atoms with Gasteiger partial charge in [-0.3, -0.25) is 0 Å². The number of benzene rings is 1. The highest BCUT2D eigenvalue weighted by atomic mass is 35.5. The predicted octanol–water partition coefficient (Wildman–Crippen LogP) is 1.97. The van der Waals surface area contributed by atoms with Crippen LogP contribution in [0, 0.1) is 0 Å². The Balaban J connectivity index is 3.45. The van der Waals surface area contributed by atoms with E-state index in [4.69, 9.17) is 16.7 Å². The molecule has 1 unspecified atom stereocenters. The van der Waals surface area contributed by atoms with E-state index in [-0.39, 0.29) is 0 Å². The summed E-state index contributed by atoms with van der Waals surface area (Å²) in [5.41, 5.74) is -4.68. The smallest absolute Gasteiger partial charge is 0.432 e. The van der Waals surface area contributed by atoms with E-state index < -0.39 is 34.1 Å². The second-order valence-electron chi connectivity index (χ2n) is 3.37. The zero-order chi connectivity index (χ0) is 14.1. The van der Waals surface area contributed by atoms with Crippen molar-refractivity contribution in [2.75, 3.05) is 7.11 Å². The lowest BCUT2D eigenvalue weighted by Gasteiger charge is -2.28. The minimum Gasteiger partial charge on any atom is -0.506 e. The predicted molar refractivity (Wildman–Crippen MR) is 55.1 cm³/mol. The number of carbonyl (C=O) groups is 1. The van der Waals surface area contributed by atoms with Crippen LogP contribution < -0.4 is 0 Å². The van der Waals surface area contributed by atoms with Gasteiger partial charge in [-0.25, -0.2) is 4.79 Å². The summed E-state index contributed by atoms with van der Waals surface area (Å²) in [7, 11) is 0.709. The summed E-state index contributed by atoms with van der Waals surface area (Å²) in [6.45, 7) is 0. The van der Waals surface area contributed by atoms with Crippen LogP contribution in [0.15, 0.2) is 18.2 Å². The summed E-state index contributed by atoms with van der Waals surface area (Å²) in [5, 5.41) is 18.2. The number of rotatable bonds is 2. The van der Waals surface area contributed by atoms with E-state index in [1.54, 1.807) is 0 Å². The molecule has 0 fully saturated rings. The Labute approximate surface area is 105 Å². The van der Waals surface area contributed by atoms with Crippen molar-refractivity contribution in [3.05, 3.63) is 28.8 Å². The standard InChI is InChI=1S/C10H8ClF3O4/c1-18-8(16)9(17,10(12,13)14)5-2-3-7(15)6(11)4-5/h2-4,15,17H,1H3. The molecule has 100 valence electrons. The SMILES string of the molecule is COC(=O)C(O)(c1ccc(O)c(Cl)c1)C(F)(F)F. The van der Waals surface area contributed by atoms with Crippen molar-refractivity contribution in [2.24, 2.45) is 0 Å². The molecular formula is C10H8ClF3O4. The lowest BCUT2D eigenvalue weighted by molar-refractivity contribution is -0.266. The number of phenols is 1.